The Labute approximate surface area is 338 Å². The van der Waals surface area contributed by atoms with Crippen LogP contribution in [0.3, 0.4) is 0 Å². The first-order valence-electron chi connectivity index (χ1n) is 19.6. The summed E-state index contributed by atoms with van der Waals surface area (Å²) in [6, 6.07) is 15.4. The molecular formula is C43H44N10O6. The highest BCUT2D eigenvalue weighted by Gasteiger charge is 2.45. The molecule has 0 spiro atoms. The number of cyclic esters (lactones) is 1. The molecule has 1 aromatic carbocycles. The Hall–Kier alpha value is -6.49. The number of carbonyl (C=O) groups excluding carboxylic acids is 1. The van der Waals surface area contributed by atoms with E-state index in [1.54, 1.807) is 35.9 Å². The number of phenols is 1. The summed E-state index contributed by atoms with van der Waals surface area (Å²) >= 11 is 0. The van der Waals surface area contributed by atoms with Crippen LogP contribution in [0.5, 0.6) is 5.75 Å². The van der Waals surface area contributed by atoms with Gasteiger partial charge in [-0.3, -0.25) is 19.6 Å². The lowest BCUT2D eigenvalue weighted by Crippen LogP contribution is -2.44. The number of aromatic amines is 1. The third kappa shape index (κ3) is 6.40. The number of morpholine rings is 1. The normalized spacial score (nSPS) is 18.4. The first kappa shape index (κ1) is 38.1. The average molecular weight is 797 g/mol. The number of aromatic hydroxyl groups is 1. The molecule has 16 heteroatoms. The maximum absolute atomic E-state index is 13.2. The number of aryl methyl sites for hydroxylation is 1. The predicted molar refractivity (Wildman–Crippen MR) is 221 cm³/mol. The van der Waals surface area contributed by atoms with Crippen LogP contribution in [0.4, 0.5) is 5.82 Å². The minimum Gasteiger partial charge on any atom is -0.508 e. The van der Waals surface area contributed by atoms with Crippen molar-refractivity contribution in [3.8, 4) is 39.8 Å². The second-order valence-electron chi connectivity index (χ2n) is 15.5. The molecule has 0 saturated carbocycles. The van der Waals surface area contributed by atoms with Crippen LogP contribution in [0.1, 0.15) is 42.5 Å². The van der Waals surface area contributed by atoms with Gasteiger partial charge in [0.15, 0.2) is 5.60 Å². The summed E-state index contributed by atoms with van der Waals surface area (Å²) in [6.45, 7) is 6.77. The molecule has 0 aliphatic carbocycles. The molecule has 302 valence electrons. The van der Waals surface area contributed by atoms with Crippen molar-refractivity contribution < 1.29 is 24.5 Å². The van der Waals surface area contributed by atoms with Crippen molar-refractivity contribution in [3.05, 3.63) is 99.7 Å². The van der Waals surface area contributed by atoms with E-state index in [0.717, 1.165) is 62.4 Å². The number of nitrogens with zero attached hydrogens (tertiary/aromatic N) is 9. The molecular weight excluding hydrogens is 753 g/mol. The van der Waals surface area contributed by atoms with Crippen LogP contribution in [0.25, 0.3) is 55.8 Å². The lowest BCUT2D eigenvalue weighted by molar-refractivity contribution is -0.172. The molecule has 7 aromatic rings. The molecule has 16 nitrogen and oxygen atoms in total. The van der Waals surface area contributed by atoms with Crippen molar-refractivity contribution >= 4 is 33.6 Å². The van der Waals surface area contributed by atoms with Crippen LogP contribution in [0, 0.1) is 0 Å². The Kier molecular flexibility index (Phi) is 9.49. The molecule has 0 radical (unpaired) electrons. The van der Waals surface area contributed by atoms with Crippen LogP contribution in [-0.4, -0.2) is 100 Å². The van der Waals surface area contributed by atoms with E-state index in [0.29, 0.717) is 54.3 Å². The zero-order chi connectivity index (χ0) is 41.2. The molecule has 2 atom stereocenters. The van der Waals surface area contributed by atoms with E-state index >= 15 is 0 Å². The third-order valence-corrected chi connectivity index (χ3v) is 11.5. The van der Waals surface area contributed by atoms with Gasteiger partial charge in [0, 0.05) is 71.8 Å². The van der Waals surface area contributed by atoms with Crippen LogP contribution in [0.15, 0.2) is 71.9 Å². The van der Waals surface area contributed by atoms with Crippen molar-refractivity contribution in [1.29, 1.82) is 0 Å². The molecule has 1 unspecified atom stereocenters. The maximum Gasteiger partial charge on any atom is 0.343 e. The van der Waals surface area contributed by atoms with Crippen molar-refractivity contribution in [2.45, 2.75) is 51.6 Å². The van der Waals surface area contributed by atoms with Gasteiger partial charge in [0.2, 0.25) is 0 Å². The second-order valence-corrected chi connectivity index (χ2v) is 15.5. The average Bonchev–Trinajstić information content (AvgIpc) is 4.01. The van der Waals surface area contributed by atoms with Gasteiger partial charge in [-0.25, -0.2) is 14.8 Å². The zero-order valence-electron chi connectivity index (χ0n) is 33.4. The molecule has 0 bridgehead atoms. The number of anilines is 1. The number of aliphatic hydroxyl groups is 1. The largest absolute Gasteiger partial charge is 0.508 e. The number of hydrogen-bond donors (Lipinski definition) is 3. The van der Waals surface area contributed by atoms with Gasteiger partial charge in [-0.1, -0.05) is 6.92 Å². The molecule has 59 heavy (non-hydrogen) atoms. The lowest BCUT2D eigenvalue weighted by Gasteiger charge is -2.34. The van der Waals surface area contributed by atoms with E-state index in [1.165, 1.54) is 0 Å². The number of phenolic OH excluding ortho intramolecular Hbond substituents is 1. The van der Waals surface area contributed by atoms with E-state index in [2.05, 4.69) is 38.2 Å². The SMILES string of the molecule is CC1COCCN1c1cc(-c2ccnn2C)c2ccnc(-c3ccn[nH]3)c2n1.CC[C@@]1(O)C(=O)OCc2c1cc1n(c2=O)Cc2cc3c(CN(C)C)c(O)ccc3nc2-1. The van der Waals surface area contributed by atoms with Gasteiger partial charge in [-0.2, -0.15) is 10.2 Å². The predicted octanol–water partition coefficient (Wildman–Crippen LogP) is 4.49. The molecule has 3 aliphatic heterocycles. The van der Waals surface area contributed by atoms with Crippen LogP contribution in [0.2, 0.25) is 0 Å². The fraction of sp³-hybridized carbons (Fsp3) is 0.326. The Morgan fingerprint density at radius 1 is 1.00 bits per heavy atom. The summed E-state index contributed by atoms with van der Waals surface area (Å²) in [5, 5.41) is 34.7. The minimum atomic E-state index is -1.84. The second kappa shape index (κ2) is 14.7. The number of nitrogens with one attached hydrogen (secondary N) is 1. The minimum absolute atomic E-state index is 0.104. The molecule has 6 aromatic heterocycles. The van der Waals surface area contributed by atoms with E-state index in [-0.39, 0.29) is 30.4 Å². The van der Waals surface area contributed by atoms with Gasteiger partial charge in [0.1, 0.15) is 29.4 Å². The standard InChI is InChI=1S/C23H23N3O5.C20H21N7O/c1-4-23(30)16-8-18-20-12(9-26(18)21(28)15(16)11-31-22(23)29)7-13-14(10-25(2)3)19(27)6-5-17(13)24-20;1-13-12-28-10-9-27(13)18-11-15(17-5-8-23-26(17)2)14-3-6-21-20(19(14)24-18)16-4-7-22-25-16/h5-8,27,30H,4,9-11H2,1-3H3;3-8,11,13H,9-10,12H2,1-2H3,(H,22,25)/t23-;/m0./s1. The number of H-pyrrole nitrogens is 1. The van der Waals surface area contributed by atoms with Crippen molar-refractivity contribution in [2.24, 2.45) is 7.05 Å². The number of carbonyl (C=O) groups is 1. The summed E-state index contributed by atoms with van der Waals surface area (Å²) < 4.78 is 14.2. The van der Waals surface area contributed by atoms with Gasteiger partial charge >= 0.3 is 5.97 Å². The highest BCUT2D eigenvalue weighted by molar-refractivity contribution is 6.01. The van der Waals surface area contributed by atoms with Gasteiger partial charge in [-0.15, -0.1) is 0 Å². The van der Waals surface area contributed by atoms with Crippen molar-refractivity contribution in [2.75, 3.05) is 38.8 Å². The zero-order valence-corrected chi connectivity index (χ0v) is 33.4. The number of rotatable bonds is 6. The number of esters is 1. The van der Waals surface area contributed by atoms with Crippen LogP contribution >= 0.6 is 0 Å². The third-order valence-electron chi connectivity index (χ3n) is 11.5. The molecule has 9 heterocycles. The van der Waals surface area contributed by atoms with Gasteiger partial charge in [-0.05, 0) is 76.0 Å². The molecule has 0 amide bonds. The molecule has 3 N–H and O–H groups in total. The van der Waals surface area contributed by atoms with Gasteiger partial charge < -0.3 is 34.1 Å². The first-order chi connectivity index (χ1) is 28.5. The Morgan fingerprint density at radius 3 is 2.58 bits per heavy atom. The van der Waals surface area contributed by atoms with E-state index in [9.17, 15) is 19.8 Å². The molecule has 1 saturated heterocycles. The van der Waals surface area contributed by atoms with Crippen LogP contribution in [-0.2, 0) is 46.6 Å². The summed E-state index contributed by atoms with van der Waals surface area (Å²) in [5.41, 5.74) is 6.64. The van der Waals surface area contributed by atoms with Crippen LogP contribution < -0.4 is 10.5 Å². The Balaban J connectivity index is 0.000000153. The number of aromatic nitrogens is 8. The highest BCUT2D eigenvalue weighted by atomic mass is 16.6. The van der Waals surface area contributed by atoms with E-state index in [4.69, 9.17) is 19.4 Å². The highest BCUT2D eigenvalue weighted by Crippen LogP contribution is 2.40. The number of hydrogen-bond acceptors (Lipinski definition) is 13. The maximum atomic E-state index is 13.2. The number of benzene rings is 1. The fourth-order valence-electron chi connectivity index (χ4n) is 8.37. The van der Waals surface area contributed by atoms with Crippen molar-refractivity contribution in [1.82, 2.24) is 44.4 Å². The Morgan fingerprint density at radius 2 is 1.85 bits per heavy atom. The lowest BCUT2D eigenvalue weighted by atomic mass is 9.86. The number of ether oxygens (including phenoxy) is 2. The topological polar surface area (TPSA) is 190 Å². The van der Waals surface area contributed by atoms with Crippen molar-refractivity contribution in [3.63, 3.8) is 0 Å². The monoisotopic (exact) mass is 796 g/mol. The molecule has 3 aliphatic rings. The summed E-state index contributed by atoms with van der Waals surface area (Å²) in [7, 11) is 5.81. The van der Waals surface area contributed by atoms with Gasteiger partial charge in [0.25, 0.3) is 5.56 Å². The number of fused-ring (bicyclic) bond motifs is 6. The summed E-state index contributed by atoms with van der Waals surface area (Å²) in [4.78, 5) is 44.2. The molecule has 10 rings (SSSR count). The van der Waals surface area contributed by atoms with E-state index < -0.39 is 11.6 Å². The van der Waals surface area contributed by atoms with Gasteiger partial charge in [0.05, 0.1) is 59.7 Å². The Bertz CT molecular complexity index is 2830. The first-order valence-corrected chi connectivity index (χ1v) is 19.6. The molecule has 1 fully saturated rings. The number of pyridine rings is 4. The quantitative estimate of drug-likeness (QED) is 0.200. The summed E-state index contributed by atoms with van der Waals surface area (Å²) in [6.07, 6.45) is 5.46. The van der Waals surface area contributed by atoms with E-state index in [1.807, 2.05) is 67.4 Å². The smallest absolute Gasteiger partial charge is 0.343 e. The summed E-state index contributed by atoms with van der Waals surface area (Å²) in [5.74, 6) is 0.392. The fourth-order valence-corrected chi connectivity index (χ4v) is 8.37.